The highest BCUT2D eigenvalue weighted by molar-refractivity contribution is 6.05. The summed E-state index contributed by atoms with van der Waals surface area (Å²) in [5.74, 6) is -0.530. The summed E-state index contributed by atoms with van der Waals surface area (Å²) in [4.78, 5) is 24.9. The van der Waals surface area contributed by atoms with Gasteiger partial charge in [-0.2, -0.15) is 0 Å². The first-order valence-corrected chi connectivity index (χ1v) is 12.1. The second kappa shape index (κ2) is 15.7. The number of anilines is 2. The molecule has 2 rings (SSSR count). The maximum Gasteiger partial charge on any atom is 0.256 e. The van der Waals surface area contributed by atoms with Crippen LogP contribution in [0.2, 0.25) is 0 Å². The molecule has 2 atom stereocenters. The normalized spacial score (nSPS) is 15.1. The molecule has 1 aliphatic heterocycles. The molecule has 0 bridgehead atoms. The average Bonchev–Trinajstić information content (AvgIpc) is 2.84. The monoisotopic (exact) mass is 484 g/mol. The molecule has 10 heteroatoms. The Hall–Kier alpha value is -3.18. The molecule has 35 heavy (non-hydrogen) atoms. The van der Waals surface area contributed by atoms with Gasteiger partial charge in [0.15, 0.2) is 0 Å². The summed E-state index contributed by atoms with van der Waals surface area (Å²) in [6, 6.07) is 6.95. The number of hydrogen-bond donors (Lipinski definition) is 8. The third kappa shape index (κ3) is 10.3. The second-order valence-electron chi connectivity index (χ2n) is 8.31. The first-order chi connectivity index (χ1) is 17.0. The lowest BCUT2D eigenvalue weighted by Crippen LogP contribution is -2.54. The smallest absolute Gasteiger partial charge is 0.256 e. The minimum atomic E-state index is -0.508. The van der Waals surface area contributed by atoms with Crippen LogP contribution in [-0.2, 0) is 9.59 Å². The SMILES string of the molecule is CCCNC(NC(N)CCCC1=CCNC=C1)/C(=C\N)C(=O)Nc1cccc(NC(=O)CNC)c1. The van der Waals surface area contributed by atoms with Crippen LogP contribution < -0.4 is 43.4 Å². The minimum Gasteiger partial charge on any atom is -0.404 e. The molecule has 10 N–H and O–H groups in total. The fraction of sp³-hybridized carbons (Fsp3) is 0.440. The maximum absolute atomic E-state index is 13.1. The molecule has 0 aromatic heterocycles. The van der Waals surface area contributed by atoms with Gasteiger partial charge in [0.1, 0.15) is 0 Å². The molecule has 0 radical (unpaired) electrons. The largest absolute Gasteiger partial charge is 0.404 e. The van der Waals surface area contributed by atoms with E-state index in [-0.39, 0.29) is 24.5 Å². The summed E-state index contributed by atoms with van der Waals surface area (Å²) < 4.78 is 0. The molecular weight excluding hydrogens is 444 g/mol. The Bertz CT molecular complexity index is 912. The van der Waals surface area contributed by atoms with E-state index in [1.807, 2.05) is 13.1 Å². The molecule has 0 saturated carbocycles. The molecule has 1 aliphatic rings. The van der Waals surface area contributed by atoms with E-state index in [0.29, 0.717) is 23.5 Å². The number of carbonyl (C=O) groups is 2. The molecule has 10 nitrogen and oxygen atoms in total. The summed E-state index contributed by atoms with van der Waals surface area (Å²) in [7, 11) is 1.70. The van der Waals surface area contributed by atoms with Crippen LogP contribution in [0.15, 0.2) is 60.0 Å². The van der Waals surface area contributed by atoms with Crippen molar-refractivity contribution < 1.29 is 9.59 Å². The Kier molecular flexibility index (Phi) is 12.6. The van der Waals surface area contributed by atoms with Crippen LogP contribution in [0.3, 0.4) is 0 Å². The van der Waals surface area contributed by atoms with E-state index in [2.05, 4.69) is 44.1 Å². The summed E-state index contributed by atoms with van der Waals surface area (Å²) in [5.41, 5.74) is 15.0. The highest BCUT2D eigenvalue weighted by Crippen LogP contribution is 2.17. The molecule has 1 aromatic rings. The molecule has 0 aliphatic carbocycles. The van der Waals surface area contributed by atoms with E-state index >= 15 is 0 Å². The summed E-state index contributed by atoms with van der Waals surface area (Å²) >= 11 is 0. The fourth-order valence-corrected chi connectivity index (χ4v) is 3.60. The van der Waals surface area contributed by atoms with Gasteiger partial charge >= 0.3 is 0 Å². The first kappa shape index (κ1) is 28.1. The Morgan fingerprint density at radius 2 is 2.00 bits per heavy atom. The highest BCUT2D eigenvalue weighted by Gasteiger charge is 2.22. The van der Waals surface area contributed by atoms with Crippen molar-refractivity contribution in [1.82, 2.24) is 21.3 Å². The van der Waals surface area contributed by atoms with E-state index in [1.54, 1.807) is 31.3 Å². The molecule has 1 heterocycles. The summed E-state index contributed by atoms with van der Waals surface area (Å²) in [6.07, 6.45) is 10.2. The molecule has 2 amide bonds. The van der Waals surface area contributed by atoms with E-state index in [9.17, 15) is 9.59 Å². The predicted octanol–water partition coefficient (Wildman–Crippen LogP) is 1.04. The maximum atomic E-state index is 13.1. The van der Waals surface area contributed by atoms with Crippen LogP contribution in [0, 0.1) is 0 Å². The Morgan fingerprint density at radius 1 is 1.23 bits per heavy atom. The van der Waals surface area contributed by atoms with Gasteiger partial charge in [0, 0.05) is 24.1 Å². The molecule has 192 valence electrons. The van der Waals surface area contributed by atoms with Crippen LogP contribution in [0.1, 0.15) is 32.6 Å². The van der Waals surface area contributed by atoms with Crippen molar-refractivity contribution in [3.63, 3.8) is 0 Å². The van der Waals surface area contributed by atoms with Gasteiger partial charge in [-0.3, -0.25) is 20.2 Å². The number of nitrogens with two attached hydrogens (primary N) is 2. The van der Waals surface area contributed by atoms with Crippen LogP contribution in [0.4, 0.5) is 11.4 Å². The van der Waals surface area contributed by atoms with E-state index in [4.69, 9.17) is 11.5 Å². The quantitative estimate of drug-likeness (QED) is 0.135. The zero-order valence-corrected chi connectivity index (χ0v) is 20.7. The van der Waals surface area contributed by atoms with Crippen molar-refractivity contribution in [3.05, 3.63) is 60.0 Å². The van der Waals surface area contributed by atoms with Gasteiger partial charge in [-0.15, -0.1) is 0 Å². The van der Waals surface area contributed by atoms with Crippen molar-refractivity contribution in [2.75, 3.05) is 37.3 Å². The lowest BCUT2D eigenvalue weighted by Gasteiger charge is -2.26. The fourth-order valence-electron chi connectivity index (χ4n) is 3.60. The number of allylic oxidation sites excluding steroid dienone is 2. The van der Waals surface area contributed by atoms with Gasteiger partial charge in [-0.1, -0.05) is 19.1 Å². The number of carbonyl (C=O) groups excluding carboxylic acids is 2. The van der Waals surface area contributed by atoms with Crippen LogP contribution in [0.5, 0.6) is 0 Å². The van der Waals surface area contributed by atoms with Gasteiger partial charge in [-0.05, 0) is 75.3 Å². The predicted molar refractivity (Wildman–Crippen MR) is 142 cm³/mol. The molecule has 0 saturated heterocycles. The Morgan fingerprint density at radius 3 is 2.66 bits per heavy atom. The standard InChI is InChI=1S/C25H40N8O2/c1-3-12-30-24(33-22(27)9-4-6-18-10-13-29-14-11-18)21(16-26)25(35)32-20-8-5-7-19(15-20)31-23(34)17-28-2/h5,7-8,10-11,13,15-16,22,24,28-30,33H,3-4,6,9,12,14,17,26-27H2,1-2H3,(H,31,34)(H,32,35)/b21-16+. The average molecular weight is 485 g/mol. The van der Waals surface area contributed by atoms with Crippen LogP contribution >= 0.6 is 0 Å². The van der Waals surface area contributed by atoms with Gasteiger partial charge in [0.25, 0.3) is 5.91 Å². The van der Waals surface area contributed by atoms with Crippen LogP contribution in [0.25, 0.3) is 0 Å². The van der Waals surface area contributed by atoms with Gasteiger partial charge < -0.3 is 32.7 Å². The number of nitrogens with one attached hydrogen (secondary N) is 6. The molecular formula is C25H40N8O2. The summed E-state index contributed by atoms with van der Waals surface area (Å²) in [5, 5.41) is 18.2. The number of amides is 2. The van der Waals surface area contributed by atoms with Crippen molar-refractivity contribution in [2.45, 2.75) is 44.9 Å². The minimum absolute atomic E-state index is 0.173. The number of dihydropyridines is 1. The lowest BCUT2D eigenvalue weighted by molar-refractivity contribution is -0.115. The molecule has 0 spiro atoms. The third-order valence-electron chi connectivity index (χ3n) is 5.35. The van der Waals surface area contributed by atoms with Gasteiger partial charge in [0.2, 0.25) is 5.91 Å². The topological polar surface area (TPSA) is 158 Å². The van der Waals surface area contributed by atoms with Gasteiger partial charge in [0.05, 0.1) is 24.4 Å². The molecule has 0 fully saturated rings. The lowest BCUT2D eigenvalue weighted by atomic mass is 10.1. The van der Waals surface area contributed by atoms with Crippen molar-refractivity contribution in [1.29, 1.82) is 0 Å². The molecule has 1 aromatic carbocycles. The van der Waals surface area contributed by atoms with Crippen molar-refractivity contribution in [2.24, 2.45) is 11.5 Å². The van der Waals surface area contributed by atoms with Crippen molar-refractivity contribution >= 4 is 23.2 Å². The van der Waals surface area contributed by atoms with Crippen molar-refractivity contribution in [3.8, 4) is 0 Å². The van der Waals surface area contributed by atoms with E-state index in [0.717, 1.165) is 32.2 Å². The molecule has 2 unspecified atom stereocenters. The van der Waals surface area contributed by atoms with Crippen LogP contribution in [-0.4, -0.2) is 50.8 Å². The Balaban J connectivity index is 1.98. The zero-order chi connectivity index (χ0) is 25.5. The van der Waals surface area contributed by atoms with E-state index in [1.165, 1.54) is 11.8 Å². The first-order valence-electron chi connectivity index (χ1n) is 12.1. The number of benzene rings is 1. The van der Waals surface area contributed by atoms with Gasteiger partial charge in [-0.25, -0.2) is 0 Å². The third-order valence-corrected chi connectivity index (χ3v) is 5.35. The Labute approximate surface area is 208 Å². The van der Waals surface area contributed by atoms with E-state index < -0.39 is 6.17 Å². The second-order valence-corrected chi connectivity index (χ2v) is 8.31. The summed E-state index contributed by atoms with van der Waals surface area (Å²) in [6.45, 7) is 3.78. The number of rotatable bonds is 15. The number of likely N-dealkylation sites (N-methyl/N-ethyl adjacent to an activating group) is 1. The highest BCUT2D eigenvalue weighted by atomic mass is 16.2. The number of hydrogen-bond acceptors (Lipinski definition) is 8. The zero-order valence-electron chi connectivity index (χ0n) is 20.7.